The Kier molecular flexibility index (Phi) is 23.5. The highest BCUT2D eigenvalue weighted by Crippen LogP contribution is 2.31. The standard InChI is InChI=1S/C8H19OP.2BrH/c1-3-5-7-10(9)8-6-4-2;;/h9H,3-8H2,1-2H3;2*1H. The van der Waals surface area contributed by atoms with Gasteiger partial charge in [-0.2, -0.15) is 0 Å². The first kappa shape index (κ1) is 19.0. The minimum absolute atomic E-state index is 0. The van der Waals surface area contributed by atoms with Gasteiger partial charge in [0, 0.05) is 8.15 Å². The zero-order chi connectivity index (χ0) is 7.82. The summed E-state index contributed by atoms with van der Waals surface area (Å²) in [6.45, 7) is 4.34. The predicted octanol–water partition coefficient (Wildman–Crippen LogP) is 4.13. The number of unbranched alkanes of at least 4 members (excludes halogenated alkanes) is 2. The average Bonchev–Trinajstić information content (AvgIpc) is 1.97. The molecule has 12 heavy (non-hydrogen) atoms. The van der Waals surface area contributed by atoms with E-state index in [4.69, 9.17) is 0 Å². The van der Waals surface area contributed by atoms with Gasteiger partial charge < -0.3 is 4.89 Å². The lowest BCUT2D eigenvalue weighted by Gasteiger charge is -2.07. The molecule has 78 valence electrons. The van der Waals surface area contributed by atoms with E-state index >= 15 is 0 Å². The van der Waals surface area contributed by atoms with Gasteiger partial charge in [0.2, 0.25) is 0 Å². The van der Waals surface area contributed by atoms with Crippen molar-refractivity contribution in [3.63, 3.8) is 0 Å². The lowest BCUT2D eigenvalue weighted by Crippen LogP contribution is -1.88. The summed E-state index contributed by atoms with van der Waals surface area (Å²) in [6.07, 6.45) is 6.95. The molecule has 0 aliphatic rings. The molecule has 0 amide bonds. The predicted molar refractivity (Wildman–Crippen MR) is 69.3 cm³/mol. The molecule has 0 radical (unpaired) electrons. The lowest BCUT2D eigenvalue weighted by atomic mass is 10.4. The molecule has 1 N–H and O–H groups in total. The molecule has 4 heteroatoms. The Hall–Kier alpha value is 1.35. The Balaban J connectivity index is -0.000000405. The van der Waals surface area contributed by atoms with E-state index in [1.54, 1.807) is 0 Å². The first-order valence-corrected chi connectivity index (χ1v) is 5.91. The molecular weight excluding hydrogens is 303 g/mol. The molecule has 1 nitrogen and oxygen atoms in total. The van der Waals surface area contributed by atoms with Crippen molar-refractivity contribution < 1.29 is 4.89 Å². The van der Waals surface area contributed by atoms with Crippen molar-refractivity contribution in [3.8, 4) is 0 Å². The topological polar surface area (TPSA) is 20.2 Å². The van der Waals surface area contributed by atoms with E-state index in [9.17, 15) is 4.89 Å². The van der Waals surface area contributed by atoms with Gasteiger partial charge in [0.1, 0.15) is 0 Å². The Labute approximate surface area is 98.7 Å². The SMILES string of the molecule is Br.Br.CCCCP(O)CCCC. The molecule has 0 aromatic rings. The summed E-state index contributed by atoms with van der Waals surface area (Å²) in [6, 6.07) is 0. The number of rotatable bonds is 6. The molecule has 0 fully saturated rings. The highest BCUT2D eigenvalue weighted by molar-refractivity contribution is 8.93. The number of halogens is 2. The van der Waals surface area contributed by atoms with Crippen LogP contribution < -0.4 is 0 Å². The van der Waals surface area contributed by atoms with Gasteiger partial charge in [0.25, 0.3) is 0 Å². The first-order valence-electron chi connectivity index (χ1n) is 4.25. The quantitative estimate of drug-likeness (QED) is 0.729. The zero-order valence-corrected chi connectivity index (χ0v) is 12.3. The highest BCUT2D eigenvalue weighted by atomic mass is 79.9. The third kappa shape index (κ3) is 13.9. The summed E-state index contributed by atoms with van der Waals surface area (Å²) >= 11 is 0. The molecule has 0 bridgehead atoms. The monoisotopic (exact) mass is 322 g/mol. The van der Waals surface area contributed by atoms with Crippen LogP contribution in [0.15, 0.2) is 0 Å². The van der Waals surface area contributed by atoms with Crippen LogP contribution in [0.3, 0.4) is 0 Å². The van der Waals surface area contributed by atoms with E-state index in [1.807, 2.05) is 0 Å². The normalized spacial score (nSPS) is 9.00. The number of hydrogen-bond acceptors (Lipinski definition) is 1. The summed E-state index contributed by atoms with van der Waals surface area (Å²) in [4.78, 5) is 9.38. The van der Waals surface area contributed by atoms with Crippen molar-refractivity contribution in [2.24, 2.45) is 0 Å². The van der Waals surface area contributed by atoms with Gasteiger partial charge in [-0.3, -0.25) is 0 Å². The van der Waals surface area contributed by atoms with Crippen LogP contribution in [0.4, 0.5) is 0 Å². The summed E-state index contributed by atoms with van der Waals surface area (Å²) in [5, 5.41) is 0. The van der Waals surface area contributed by atoms with Gasteiger partial charge in [-0.25, -0.2) is 0 Å². The van der Waals surface area contributed by atoms with Crippen LogP contribution in [0.2, 0.25) is 0 Å². The van der Waals surface area contributed by atoms with Crippen molar-refractivity contribution in [3.05, 3.63) is 0 Å². The van der Waals surface area contributed by atoms with Crippen LogP contribution in [0, 0.1) is 0 Å². The molecule has 0 atom stereocenters. The Morgan fingerprint density at radius 3 is 1.50 bits per heavy atom. The summed E-state index contributed by atoms with van der Waals surface area (Å²) in [5.41, 5.74) is 0. The molecule has 0 aliphatic heterocycles. The molecule has 0 spiro atoms. The second-order valence-corrected chi connectivity index (χ2v) is 4.57. The zero-order valence-electron chi connectivity index (χ0n) is 7.95. The summed E-state index contributed by atoms with van der Waals surface area (Å²) in [5.74, 6) is 0. The van der Waals surface area contributed by atoms with Crippen molar-refractivity contribution in [2.75, 3.05) is 12.3 Å². The molecule has 0 heterocycles. The highest BCUT2D eigenvalue weighted by Gasteiger charge is 2.00. The van der Waals surface area contributed by atoms with Crippen molar-refractivity contribution in [1.82, 2.24) is 0 Å². The fourth-order valence-corrected chi connectivity index (χ4v) is 2.38. The van der Waals surface area contributed by atoms with Gasteiger partial charge in [0.15, 0.2) is 0 Å². The van der Waals surface area contributed by atoms with Crippen molar-refractivity contribution in [2.45, 2.75) is 39.5 Å². The Morgan fingerprint density at radius 2 is 1.25 bits per heavy atom. The largest absolute Gasteiger partial charge is 0.374 e. The molecular formula is C8H21Br2OP. The third-order valence-corrected chi connectivity index (χ3v) is 3.20. The van der Waals surface area contributed by atoms with Crippen LogP contribution >= 0.6 is 42.1 Å². The van der Waals surface area contributed by atoms with Gasteiger partial charge in [-0.1, -0.05) is 26.7 Å². The first-order chi connectivity index (χ1) is 4.81. The molecule has 0 aromatic heterocycles. The van der Waals surface area contributed by atoms with Crippen LogP contribution in [-0.2, 0) is 0 Å². The van der Waals surface area contributed by atoms with Crippen molar-refractivity contribution in [1.29, 1.82) is 0 Å². The van der Waals surface area contributed by atoms with Gasteiger partial charge in [-0.15, -0.1) is 34.0 Å². The van der Waals surface area contributed by atoms with Gasteiger partial charge in [-0.05, 0) is 25.2 Å². The molecule has 0 aliphatic carbocycles. The summed E-state index contributed by atoms with van der Waals surface area (Å²) in [7, 11) is -0.592. The number of hydrogen-bond donors (Lipinski definition) is 1. The molecule has 0 unspecified atom stereocenters. The smallest absolute Gasteiger partial charge is 0.0251 e. The molecule has 0 saturated carbocycles. The maximum absolute atomic E-state index is 9.38. The van der Waals surface area contributed by atoms with E-state index in [-0.39, 0.29) is 34.0 Å². The van der Waals surface area contributed by atoms with Crippen LogP contribution in [-0.4, -0.2) is 17.2 Å². The van der Waals surface area contributed by atoms with E-state index in [0.29, 0.717) is 0 Å². The lowest BCUT2D eigenvalue weighted by molar-refractivity contribution is 0.613. The molecule has 0 rings (SSSR count). The fraction of sp³-hybridized carbons (Fsp3) is 1.00. The van der Waals surface area contributed by atoms with Gasteiger partial charge in [0.05, 0.1) is 0 Å². The van der Waals surface area contributed by atoms with Crippen LogP contribution in [0.5, 0.6) is 0 Å². The third-order valence-electron chi connectivity index (χ3n) is 1.54. The average molecular weight is 324 g/mol. The van der Waals surface area contributed by atoms with E-state index in [2.05, 4.69) is 13.8 Å². The fourth-order valence-electron chi connectivity index (χ4n) is 0.793. The van der Waals surface area contributed by atoms with E-state index in [0.717, 1.165) is 12.3 Å². The second kappa shape index (κ2) is 14.9. The van der Waals surface area contributed by atoms with E-state index < -0.39 is 8.15 Å². The van der Waals surface area contributed by atoms with E-state index in [1.165, 1.54) is 25.7 Å². The maximum Gasteiger partial charge on any atom is 0.0251 e. The Bertz CT molecular complexity index is 66.1. The van der Waals surface area contributed by atoms with Gasteiger partial charge >= 0.3 is 0 Å². The maximum atomic E-state index is 9.38. The molecule has 0 saturated heterocycles. The summed E-state index contributed by atoms with van der Waals surface area (Å²) < 4.78 is 0. The Morgan fingerprint density at radius 1 is 0.917 bits per heavy atom. The second-order valence-electron chi connectivity index (χ2n) is 2.66. The van der Waals surface area contributed by atoms with Crippen molar-refractivity contribution >= 4 is 42.1 Å². The van der Waals surface area contributed by atoms with Crippen LogP contribution in [0.1, 0.15) is 39.5 Å². The minimum atomic E-state index is -0.592. The molecule has 0 aromatic carbocycles. The minimum Gasteiger partial charge on any atom is -0.374 e. The van der Waals surface area contributed by atoms with Crippen LogP contribution in [0.25, 0.3) is 0 Å².